The van der Waals surface area contributed by atoms with E-state index in [-0.39, 0.29) is 21.8 Å². The lowest BCUT2D eigenvalue weighted by atomic mass is 10.0. The second-order valence-corrected chi connectivity index (χ2v) is 11.4. The van der Waals surface area contributed by atoms with E-state index in [1.807, 2.05) is 24.3 Å². The fourth-order valence-corrected chi connectivity index (χ4v) is 6.70. The molecule has 37 heavy (non-hydrogen) atoms. The molecule has 190 valence electrons. The van der Waals surface area contributed by atoms with Crippen LogP contribution in [0.4, 0.5) is 4.39 Å². The van der Waals surface area contributed by atoms with Gasteiger partial charge in [0.15, 0.2) is 4.80 Å². The molecule has 0 unspecified atom stereocenters. The number of hydrogen-bond donors (Lipinski definition) is 0. The average molecular weight is 540 g/mol. The van der Waals surface area contributed by atoms with Crippen molar-refractivity contribution in [1.29, 1.82) is 0 Å². The maximum atomic E-state index is 13.7. The zero-order valence-corrected chi connectivity index (χ0v) is 21.4. The van der Waals surface area contributed by atoms with Crippen molar-refractivity contribution in [3.05, 3.63) is 94.0 Å². The van der Waals surface area contributed by atoms with Gasteiger partial charge in [-0.25, -0.2) is 12.8 Å². The Morgan fingerprint density at radius 3 is 2.51 bits per heavy atom. The first-order valence-electron chi connectivity index (χ1n) is 11.4. The minimum absolute atomic E-state index is 0.0847. The number of esters is 1. The van der Waals surface area contributed by atoms with Crippen molar-refractivity contribution < 1.29 is 27.1 Å². The molecule has 0 fully saturated rings. The van der Waals surface area contributed by atoms with E-state index in [9.17, 15) is 22.4 Å². The summed E-state index contributed by atoms with van der Waals surface area (Å²) in [5.41, 5.74) is 2.83. The van der Waals surface area contributed by atoms with Gasteiger partial charge in [-0.3, -0.25) is 9.59 Å². The van der Waals surface area contributed by atoms with Crippen LogP contribution < -0.4 is 4.80 Å². The molecule has 0 bridgehead atoms. The third-order valence-corrected chi connectivity index (χ3v) is 9.09. The van der Waals surface area contributed by atoms with Gasteiger partial charge in [0.25, 0.3) is 5.91 Å². The third kappa shape index (κ3) is 4.97. The maximum Gasteiger partial charge on any atom is 0.325 e. The summed E-state index contributed by atoms with van der Waals surface area (Å²) in [5.74, 6) is -1.62. The number of carbonyl (C=O) groups is 2. The summed E-state index contributed by atoms with van der Waals surface area (Å²) >= 11 is 1.06. The Kier molecular flexibility index (Phi) is 6.76. The van der Waals surface area contributed by atoms with Crippen LogP contribution in [-0.2, 0) is 39.1 Å². The van der Waals surface area contributed by atoms with Gasteiger partial charge in [-0.2, -0.15) is 9.30 Å². The predicted octanol–water partition coefficient (Wildman–Crippen LogP) is 3.50. The van der Waals surface area contributed by atoms with Crippen molar-refractivity contribution in [2.24, 2.45) is 4.99 Å². The number of carbonyl (C=O) groups excluding carboxylic acids is 2. The first-order valence-corrected chi connectivity index (χ1v) is 13.6. The molecule has 0 N–H and O–H groups in total. The lowest BCUT2D eigenvalue weighted by Gasteiger charge is -2.28. The summed E-state index contributed by atoms with van der Waals surface area (Å²) in [6, 6.07) is 17.4. The van der Waals surface area contributed by atoms with Gasteiger partial charge in [0.05, 0.1) is 22.2 Å². The van der Waals surface area contributed by atoms with E-state index in [0.717, 1.165) is 22.5 Å². The number of ether oxygens (including phenoxy) is 1. The quantitative estimate of drug-likeness (QED) is 0.362. The van der Waals surface area contributed by atoms with Gasteiger partial charge in [0, 0.05) is 18.7 Å². The average Bonchev–Trinajstić information content (AvgIpc) is 3.23. The van der Waals surface area contributed by atoms with Crippen LogP contribution in [0.3, 0.4) is 0 Å². The van der Waals surface area contributed by atoms with Crippen LogP contribution in [0.5, 0.6) is 0 Å². The van der Waals surface area contributed by atoms with E-state index in [0.29, 0.717) is 29.7 Å². The number of rotatable bonds is 5. The number of thiazole rings is 1. The number of amides is 1. The van der Waals surface area contributed by atoms with Crippen LogP contribution >= 0.6 is 11.3 Å². The zero-order chi connectivity index (χ0) is 26.2. The van der Waals surface area contributed by atoms with Crippen LogP contribution in [-0.4, -0.2) is 42.8 Å². The lowest BCUT2D eigenvalue weighted by Crippen LogP contribution is -2.35. The molecule has 0 spiro atoms. The van der Waals surface area contributed by atoms with Gasteiger partial charge in [-0.05, 0) is 60.0 Å². The standard InChI is InChI=1S/C26H22FN3O5S2/c1-35-24(31)16-30-22-11-8-20(27)14-23(22)36-26(30)28-25(32)18-6-9-21(10-7-18)37(33,34)29-13-12-17-4-2-3-5-19(17)15-29/h2-11,14H,12-13,15-16H2,1H3. The van der Waals surface area contributed by atoms with Crippen molar-refractivity contribution in [2.45, 2.75) is 24.4 Å². The number of nitrogens with zero attached hydrogens (tertiary/aromatic N) is 3. The summed E-state index contributed by atoms with van der Waals surface area (Å²) in [6.45, 7) is 0.466. The van der Waals surface area contributed by atoms with E-state index in [4.69, 9.17) is 4.74 Å². The second kappa shape index (κ2) is 10.0. The van der Waals surface area contributed by atoms with Crippen LogP contribution in [0.2, 0.25) is 0 Å². The fraction of sp³-hybridized carbons (Fsp3) is 0.192. The molecule has 1 amide bonds. The first kappa shape index (κ1) is 25.0. The van der Waals surface area contributed by atoms with Gasteiger partial charge in [0.2, 0.25) is 10.0 Å². The summed E-state index contributed by atoms with van der Waals surface area (Å²) in [7, 11) is -2.50. The van der Waals surface area contributed by atoms with Crippen molar-refractivity contribution in [2.75, 3.05) is 13.7 Å². The highest BCUT2D eigenvalue weighted by atomic mass is 32.2. The molecular formula is C26H22FN3O5S2. The lowest BCUT2D eigenvalue weighted by molar-refractivity contribution is -0.141. The molecule has 0 atom stereocenters. The van der Waals surface area contributed by atoms with Crippen LogP contribution in [0.1, 0.15) is 21.5 Å². The van der Waals surface area contributed by atoms with E-state index in [1.165, 1.54) is 58.4 Å². The molecule has 0 aliphatic carbocycles. The van der Waals surface area contributed by atoms with Crippen LogP contribution in [0.15, 0.2) is 76.6 Å². The summed E-state index contributed by atoms with van der Waals surface area (Å²) in [4.78, 5) is 29.3. The molecular weight excluding hydrogens is 517 g/mol. The van der Waals surface area contributed by atoms with Gasteiger partial charge < -0.3 is 9.30 Å². The molecule has 0 saturated heterocycles. The molecule has 5 rings (SSSR count). The molecule has 4 aromatic rings. The highest BCUT2D eigenvalue weighted by molar-refractivity contribution is 7.89. The molecule has 1 aromatic heterocycles. The topological polar surface area (TPSA) is 98.0 Å². The van der Waals surface area contributed by atoms with Gasteiger partial charge in [-0.15, -0.1) is 0 Å². The Morgan fingerprint density at radius 1 is 1.05 bits per heavy atom. The molecule has 0 radical (unpaired) electrons. The second-order valence-electron chi connectivity index (χ2n) is 8.46. The Morgan fingerprint density at radius 2 is 1.78 bits per heavy atom. The predicted molar refractivity (Wildman–Crippen MR) is 136 cm³/mol. The number of fused-ring (bicyclic) bond motifs is 2. The fourth-order valence-electron chi connectivity index (χ4n) is 4.22. The van der Waals surface area contributed by atoms with E-state index in [2.05, 4.69) is 4.99 Å². The van der Waals surface area contributed by atoms with Crippen molar-refractivity contribution >= 4 is 43.5 Å². The van der Waals surface area contributed by atoms with Gasteiger partial charge in [0.1, 0.15) is 12.4 Å². The Balaban J connectivity index is 1.43. The summed E-state index contributed by atoms with van der Waals surface area (Å²) < 4.78 is 48.3. The number of hydrogen-bond acceptors (Lipinski definition) is 6. The number of benzene rings is 3. The maximum absolute atomic E-state index is 13.7. The van der Waals surface area contributed by atoms with Crippen LogP contribution in [0.25, 0.3) is 10.2 Å². The molecule has 2 heterocycles. The summed E-state index contributed by atoms with van der Waals surface area (Å²) in [6.07, 6.45) is 0.634. The van der Waals surface area contributed by atoms with E-state index in [1.54, 1.807) is 0 Å². The Hall–Kier alpha value is -3.67. The van der Waals surface area contributed by atoms with Crippen molar-refractivity contribution in [3.63, 3.8) is 0 Å². The SMILES string of the molecule is COC(=O)Cn1c(=NC(=O)c2ccc(S(=O)(=O)N3CCc4ccccc4C3)cc2)sc2cc(F)ccc21. The number of halogens is 1. The van der Waals surface area contributed by atoms with Crippen molar-refractivity contribution in [3.8, 4) is 0 Å². The van der Waals surface area contributed by atoms with E-state index < -0.39 is 27.7 Å². The highest BCUT2D eigenvalue weighted by Crippen LogP contribution is 2.25. The third-order valence-electron chi connectivity index (χ3n) is 6.19. The minimum Gasteiger partial charge on any atom is -0.468 e. The normalized spacial score (nSPS) is 14.5. The largest absolute Gasteiger partial charge is 0.468 e. The monoisotopic (exact) mass is 539 g/mol. The number of methoxy groups -OCH3 is 1. The molecule has 1 aliphatic heterocycles. The van der Waals surface area contributed by atoms with Gasteiger partial charge in [-0.1, -0.05) is 35.6 Å². The van der Waals surface area contributed by atoms with Crippen LogP contribution in [0, 0.1) is 5.82 Å². The number of sulfonamides is 1. The van der Waals surface area contributed by atoms with Crippen molar-refractivity contribution in [1.82, 2.24) is 8.87 Å². The Bertz CT molecular complexity index is 1690. The molecule has 8 nitrogen and oxygen atoms in total. The molecule has 3 aromatic carbocycles. The summed E-state index contributed by atoms with van der Waals surface area (Å²) in [5, 5.41) is 0. The Labute approximate surface area is 216 Å². The van der Waals surface area contributed by atoms with E-state index >= 15 is 0 Å². The van der Waals surface area contributed by atoms with Gasteiger partial charge >= 0.3 is 5.97 Å². The molecule has 11 heteroatoms. The molecule has 1 aliphatic rings. The minimum atomic E-state index is -3.75. The highest BCUT2D eigenvalue weighted by Gasteiger charge is 2.28. The molecule has 0 saturated carbocycles. The first-order chi connectivity index (χ1) is 17.8. The smallest absolute Gasteiger partial charge is 0.325 e. The number of aromatic nitrogens is 1. The zero-order valence-electron chi connectivity index (χ0n) is 19.8.